The van der Waals surface area contributed by atoms with E-state index in [4.69, 9.17) is 14.2 Å². The van der Waals surface area contributed by atoms with Gasteiger partial charge in [0, 0.05) is 19.3 Å². The fraction of sp³-hybridized carbons (Fsp3) is 0.919. The standard InChI is InChI=1S/C37H70O6/c1-4-7-10-13-16-18-21-23-26-29-35(38)41-32-34(43-37(40)31-28-25-20-15-12-9-6-3)33-42-36(39)30-27-24-22-19-17-14-11-8-5-2/h34H,4-33H2,1-3H3. The lowest BCUT2D eigenvalue weighted by atomic mass is 10.1. The molecule has 0 bridgehead atoms. The highest BCUT2D eigenvalue weighted by Crippen LogP contribution is 2.13. The molecule has 0 aliphatic heterocycles. The Morgan fingerprint density at radius 1 is 0.372 bits per heavy atom. The Kier molecular flexibility index (Phi) is 32.1. The zero-order chi connectivity index (χ0) is 31.6. The molecule has 0 aromatic rings. The van der Waals surface area contributed by atoms with E-state index in [1.165, 1.54) is 103 Å². The fourth-order valence-corrected chi connectivity index (χ4v) is 5.26. The van der Waals surface area contributed by atoms with Crippen molar-refractivity contribution in [3.8, 4) is 0 Å². The van der Waals surface area contributed by atoms with Crippen molar-refractivity contribution in [3.05, 3.63) is 0 Å². The fourth-order valence-electron chi connectivity index (χ4n) is 5.26. The van der Waals surface area contributed by atoms with E-state index in [1.807, 2.05) is 0 Å². The summed E-state index contributed by atoms with van der Waals surface area (Å²) >= 11 is 0. The van der Waals surface area contributed by atoms with Crippen molar-refractivity contribution < 1.29 is 28.6 Å². The van der Waals surface area contributed by atoms with Crippen molar-refractivity contribution in [3.63, 3.8) is 0 Å². The van der Waals surface area contributed by atoms with E-state index in [2.05, 4.69) is 20.8 Å². The maximum atomic E-state index is 12.5. The number of ether oxygens (including phenoxy) is 3. The second-order valence-electron chi connectivity index (χ2n) is 12.5. The molecule has 0 rings (SSSR count). The summed E-state index contributed by atoms with van der Waals surface area (Å²) in [6.45, 7) is 6.53. The van der Waals surface area contributed by atoms with Gasteiger partial charge in [-0.25, -0.2) is 0 Å². The molecule has 6 nitrogen and oxygen atoms in total. The second-order valence-corrected chi connectivity index (χ2v) is 12.5. The minimum absolute atomic E-state index is 0.0651. The topological polar surface area (TPSA) is 78.9 Å². The number of carbonyl (C=O) groups is 3. The zero-order valence-electron chi connectivity index (χ0n) is 28.7. The first-order chi connectivity index (χ1) is 21.0. The summed E-state index contributed by atoms with van der Waals surface area (Å²) < 4.78 is 16.5. The van der Waals surface area contributed by atoms with Crippen LogP contribution in [-0.2, 0) is 28.6 Å². The lowest BCUT2D eigenvalue weighted by Crippen LogP contribution is -2.30. The molecule has 0 atom stereocenters. The molecule has 0 heterocycles. The smallest absolute Gasteiger partial charge is 0.306 e. The summed E-state index contributed by atoms with van der Waals surface area (Å²) in [6, 6.07) is 0. The molecule has 0 radical (unpaired) electrons. The van der Waals surface area contributed by atoms with Crippen LogP contribution in [0.1, 0.15) is 201 Å². The molecule has 43 heavy (non-hydrogen) atoms. The van der Waals surface area contributed by atoms with Crippen LogP contribution in [0.3, 0.4) is 0 Å². The van der Waals surface area contributed by atoms with Gasteiger partial charge in [-0.1, -0.05) is 162 Å². The van der Waals surface area contributed by atoms with Crippen LogP contribution in [0.4, 0.5) is 0 Å². The highest BCUT2D eigenvalue weighted by Gasteiger charge is 2.19. The summed E-state index contributed by atoms with van der Waals surface area (Å²) in [5.74, 6) is -0.877. The second kappa shape index (κ2) is 33.3. The van der Waals surface area contributed by atoms with E-state index >= 15 is 0 Å². The Morgan fingerprint density at radius 3 is 0.930 bits per heavy atom. The summed E-state index contributed by atoms with van der Waals surface area (Å²) in [5.41, 5.74) is 0. The Morgan fingerprint density at radius 2 is 0.628 bits per heavy atom. The van der Waals surface area contributed by atoms with Gasteiger partial charge in [0.05, 0.1) is 0 Å². The summed E-state index contributed by atoms with van der Waals surface area (Å²) in [4.78, 5) is 37.1. The summed E-state index contributed by atoms with van der Waals surface area (Å²) in [7, 11) is 0. The molecule has 0 spiro atoms. The van der Waals surface area contributed by atoms with Gasteiger partial charge in [-0.15, -0.1) is 0 Å². The summed E-state index contributed by atoms with van der Waals surface area (Å²) in [6.07, 6.45) is 29.5. The lowest BCUT2D eigenvalue weighted by molar-refractivity contribution is -0.167. The minimum atomic E-state index is -0.754. The predicted octanol–water partition coefficient (Wildman–Crippen LogP) is 11.0. The first kappa shape index (κ1) is 41.4. The maximum Gasteiger partial charge on any atom is 0.306 e. The van der Waals surface area contributed by atoms with Crippen molar-refractivity contribution in [2.45, 2.75) is 207 Å². The first-order valence-electron chi connectivity index (χ1n) is 18.5. The molecule has 0 saturated carbocycles. The van der Waals surface area contributed by atoms with Gasteiger partial charge in [-0.2, -0.15) is 0 Å². The molecular weight excluding hydrogens is 540 g/mol. The van der Waals surface area contributed by atoms with Gasteiger partial charge < -0.3 is 14.2 Å². The molecule has 254 valence electrons. The molecule has 0 aromatic carbocycles. The van der Waals surface area contributed by atoms with Crippen LogP contribution >= 0.6 is 0 Å². The van der Waals surface area contributed by atoms with E-state index in [-0.39, 0.29) is 31.1 Å². The number of hydrogen-bond donors (Lipinski definition) is 0. The van der Waals surface area contributed by atoms with E-state index in [0.717, 1.165) is 57.8 Å². The van der Waals surface area contributed by atoms with Gasteiger partial charge in [-0.05, 0) is 19.3 Å². The van der Waals surface area contributed by atoms with Gasteiger partial charge in [0.1, 0.15) is 13.2 Å². The number of rotatable bonds is 33. The Hall–Kier alpha value is -1.59. The van der Waals surface area contributed by atoms with Crippen LogP contribution in [0.25, 0.3) is 0 Å². The first-order valence-corrected chi connectivity index (χ1v) is 18.5. The van der Waals surface area contributed by atoms with E-state index < -0.39 is 6.10 Å². The molecular formula is C37H70O6. The van der Waals surface area contributed by atoms with Crippen LogP contribution in [0.5, 0.6) is 0 Å². The zero-order valence-corrected chi connectivity index (χ0v) is 28.7. The van der Waals surface area contributed by atoms with E-state index in [0.29, 0.717) is 19.3 Å². The predicted molar refractivity (Wildman–Crippen MR) is 178 cm³/mol. The molecule has 0 aliphatic carbocycles. The highest BCUT2D eigenvalue weighted by atomic mass is 16.6. The lowest BCUT2D eigenvalue weighted by Gasteiger charge is -2.18. The number of carbonyl (C=O) groups excluding carboxylic acids is 3. The molecule has 0 fully saturated rings. The van der Waals surface area contributed by atoms with Gasteiger partial charge >= 0.3 is 17.9 Å². The van der Waals surface area contributed by atoms with Crippen molar-refractivity contribution in [1.29, 1.82) is 0 Å². The molecule has 0 saturated heterocycles. The third-order valence-electron chi connectivity index (χ3n) is 8.11. The Bertz CT molecular complexity index is 597. The molecule has 0 aromatic heterocycles. The maximum absolute atomic E-state index is 12.5. The van der Waals surface area contributed by atoms with Crippen LogP contribution in [0.15, 0.2) is 0 Å². The van der Waals surface area contributed by atoms with Gasteiger partial charge in [-0.3, -0.25) is 14.4 Å². The van der Waals surface area contributed by atoms with E-state index in [1.54, 1.807) is 0 Å². The molecule has 0 N–H and O–H groups in total. The molecule has 6 heteroatoms. The van der Waals surface area contributed by atoms with Crippen LogP contribution < -0.4 is 0 Å². The molecule has 0 unspecified atom stereocenters. The number of hydrogen-bond acceptors (Lipinski definition) is 6. The Labute approximate surface area is 266 Å². The van der Waals surface area contributed by atoms with Crippen LogP contribution in [0.2, 0.25) is 0 Å². The van der Waals surface area contributed by atoms with Gasteiger partial charge in [0.15, 0.2) is 6.10 Å². The summed E-state index contributed by atoms with van der Waals surface area (Å²) in [5, 5.41) is 0. The molecule has 0 amide bonds. The van der Waals surface area contributed by atoms with Crippen LogP contribution in [0, 0.1) is 0 Å². The SMILES string of the molecule is CCCCCCCCCCCC(=O)OCC(COC(=O)CCCCCCCCCCC)OC(=O)CCCCCCCCC. The van der Waals surface area contributed by atoms with Crippen molar-refractivity contribution in [1.82, 2.24) is 0 Å². The van der Waals surface area contributed by atoms with E-state index in [9.17, 15) is 14.4 Å². The third-order valence-corrected chi connectivity index (χ3v) is 8.11. The van der Waals surface area contributed by atoms with Gasteiger partial charge in [0.2, 0.25) is 0 Å². The largest absolute Gasteiger partial charge is 0.462 e. The van der Waals surface area contributed by atoms with Crippen LogP contribution in [-0.4, -0.2) is 37.2 Å². The number of unbranched alkanes of at least 4 members (excludes halogenated alkanes) is 22. The van der Waals surface area contributed by atoms with Crippen molar-refractivity contribution in [2.75, 3.05) is 13.2 Å². The highest BCUT2D eigenvalue weighted by molar-refractivity contribution is 5.71. The quantitative estimate of drug-likeness (QED) is 0.0418. The minimum Gasteiger partial charge on any atom is -0.462 e. The average molecular weight is 611 g/mol. The van der Waals surface area contributed by atoms with Gasteiger partial charge in [0.25, 0.3) is 0 Å². The Balaban J connectivity index is 4.33. The third kappa shape index (κ3) is 31.6. The van der Waals surface area contributed by atoms with Crippen molar-refractivity contribution >= 4 is 17.9 Å². The monoisotopic (exact) mass is 611 g/mol. The van der Waals surface area contributed by atoms with Crippen molar-refractivity contribution in [2.24, 2.45) is 0 Å². The normalized spacial score (nSPS) is 11.2. The average Bonchev–Trinajstić information content (AvgIpc) is 3.00. The molecule has 0 aliphatic rings. The number of esters is 3.